The molecule has 0 bridgehead atoms. The standard InChI is InChI=1S/C14H17FO3/c1-3-7-17-14-10(16)8-12(14)18-11-6-4-5-9(2)13(11)15/h4-6,12,14H,3,7-8H2,1-2H3. The van der Waals surface area contributed by atoms with Gasteiger partial charge in [0.2, 0.25) is 0 Å². The highest BCUT2D eigenvalue weighted by Gasteiger charge is 2.42. The Labute approximate surface area is 106 Å². The third kappa shape index (κ3) is 2.53. The van der Waals surface area contributed by atoms with Crippen LogP contribution in [-0.4, -0.2) is 24.6 Å². The Morgan fingerprint density at radius 1 is 1.44 bits per heavy atom. The normalized spacial score (nSPS) is 22.7. The molecule has 0 aliphatic heterocycles. The van der Waals surface area contributed by atoms with E-state index in [1.165, 1.54) is 0 Å². The number of hydrogen-bond acceptors (Lipinski definition) is 3. The number of halogens is 1. The summed E-state index contributed by atoms with van der Waals surface area (Å²) in [6, 6.07) is 4.98. The van der Waals surface area contributed by atoms with Crippen LogP contribution in [0.3, 0.4) is 0 Å². The van der Waals surface area contributed by atoms with Crippen molar-refractivity contribution in [2.24, 2.45) is 0 Å². The summed E-state index contributed by atoms with van der Waals surface area (Å²) in [5, 5.41) is 0. The van der Waals surface area contributed by atoms with Crippen LogP contribution in [0.4, 0.5) is 4.39 Å². The number of carbonyl (C=O) groups excluding carboxylic acids is 1. The molecule has 0 saturated heterocycles. The van der Waals surface area contributed by atoms with Gasteiger partial charge in [-0.15, -0.1) is 0 Å². The zero-order chi connectivity index (χ0) is 13.1. The molecular formula is C14H17FO3. The summed E-state index contributed by atoms with van der Waals surface area (Å²) in [6.07, 6.45) is 0.238. The minimum atomic E-state index is -0.537. The molecule has 1 aromatic carbocycles. The summed E-state index contributed by atoms with van der Waals surface area (Å²) >= 11 is 0. The Morgan fingerprint density at radius 2 is 2.22 bits per heavy atom. The van der Waals surface area contributed by atoms with Crippen LogP contribution in [0.5, 0.6) is 5.75 Å². The lowest BCUT2D eigenvalue weighted by atomic mass is 9.90. The highest BCUT2D eigenvalue weighted by atomic mass is 19.1. The van der Waals surface area contributed by atoms with Crippen LogP contribution in [0, 0.1) is 12.7 Å². The fourth-order valence-electron chi connectivity index (χ4n) is 1.89. The van der Waals surface area contributed by atoms with Crippen LogP contribution < -0.4 is 4.74 Å². The molecule has 1 fully saturated rings. The van der Waals surface area contributed by atoms with E-state index in [4.69, 9.17) is 9.47 Å². The first-order valence-corrected chi connectivity index (χ1v) is 6.19. The van der Waals surface area contributed by atoms with Crippen LogP contribution in [0.15, 0.2) is 18.2 Å². The molecule has 0 heterocycles. The summed E-state index contributed by atoms with van der Waals surface area (Å²) < 4.78 is 24.7. The van der Waals surface area contributed by atoms with E-state index in [-0.39, 0.29) is 23.5 Å². The second-order valence-corrected chi connectivity index (χ2v) is 4.51. The highest BCUT2D eigenvalue weighted by molar-refractivity contribution is 5.90. The van der Waals surface area contributed by atoms with Crippen LogP contribution in [0.2, 0.25) is 0 Å². The molecule has 18 heavy (non-hydrogen) atoms. The average molecular weight is 252 g/mol. The number of aryl methyl sites for hydroxylation is 1. The van der Waals surface area contributed by atoms with Gasteiger partial charge in [0, 0.05) is 13.0 Å². The maximum atomic E-state index is 13.7. The summed E-state index contributed by atoms with van der Waals surface area (Å²) in [5.74, 6) is -0.148. The lowest BCUT2D eigenvalue weighted by Gasteiger charge is -2.34. The Kier molecular flexibility index (Phi) is 3.97. The van der Waals surface area contributed by atoms with Gasteiger partial charge in [0.25, 0.3) is 0 Å². The van der Waals surface area contributed by atoms with Crippen molar-refractivity contribution in [2.75, 3.05) is 6.61 Å². The molecule has 0 spiro atoms. The van der Waals surface area contributed by atoms with E-state index in [1.807, 2.05) is 6.92 Å². The monoisotopic (exact) mass is 252 g/mol. The molecule has 1 saturated carbocycles. The summed E-state index contributed by atoms with van der Waals surface area (Å²) in [6.45, 7) is 4.17. The molecule has 2 rings (SSSR count). The molecule has 1 aliphatic rings. The van der Waals surface area contributed by atoms with E-state index in [0.29, 0.717) is 18.6 Å². The van der Waals surface area contributed by atoms with Crippen molar-refractivity contribution < 1.29 is 18.7 Å². The average Bonchev–Trinajstić information content (AvgIpc) is 2.34. The van der Waals surface area contributed by atoms with Crippen molar-refractivity contribution in [3.05, 3.63) is 29.6 Å². The molecule has 2 atom stereocenters. The zero-order valence-electron chi connectivity index (χ0n) is 10.6. The Morgan fingerprint density at radius 3 is 2.89 bits per heavy atom. The Bertz CT molecular complexity index is 445. The molecule has 98 valence electrons. The first kappa shape index (κ1) is 13.0. The molecule has 2 unspecified atom stereocenters. The van der Waals surface area contributed by atoms with E-state index in [2.05, 4.69) is 0 Å². The number of Topliss-reactive ketones (excluding diaryl/α,β-unsaturated/α-hetero) is 1. The van der Waals surface area contributed by atoms with Crippen molar-refractivity contribution in [3.8, 4) is 5.75 Å². The van der Waals surface area contributed by atoms with Gasteiger partial charge >= 0.3 is 0 Å². The number of carbonyl (C=O) groups is 1. The first-order valence-electron chi connectivity index (χ1n) is 6.19. The van der Waals surface area contributed by atoms with E-state index in [9.17, 15) is 9.18 Å². The van der Waals surface area contributed by atoms with Crippen LogP contribution >= 0.6 is 0 Å². The number of hydrogen-bond donors (Lipinski definition) is 0. The predicted octanol–water partition coefficient (Wildman–Crippen LogP) is 2.65. The number of ketones is 1. The van der Waals surface area contributed by atoms with Gasteiger partial charge in [-0.2, -0.15) is 0 Å². The molecule has 1 aliphatic carbocycles. The predicted molar refractivity (Wildman–Crippen MR) is 65.2 cm³/mol. The SMILES string of the molecule is CCCOC1C(=O)CC1Oc1cccc(C)c1F. The fraction of sp³-hybridized carbons (Fsp3) is 0.500. The minimum absolute atomic E-state index is 0.0292. The maximum Gasteiger partial charge on any atom is 0.169 e. The van der Waals surface area contributed by atoms with E-state index < -0.39 is 6.10 Å². The minimum Gasteiger partial charge on any atom is -0.484 e. The van der Waals surface area contributed by atoms with Crippen molar-refractivity contribution in [1.29, 1.82) is 0 Å². The second-order valence-electron chi connectivity index (χ2n) is 4.51. The van der Waals surface area contributed by atoms with Gasteiger partial charge in [-0.25, -0.2) is 4.39 Å². The highest BCUT2D eigenvalue weighted by Crippen LogP contribution is 2.28. The van der Waals surface area contributed by atoms with Crippen molar-refractivity contribution in [1.82, 2.24) is 0 Å². The summed E-state index contributed by atoms with van der Waals surface area (Å²) in [4.78, 5) is 11.4. The number of benzene rings is 1. The van der Waals surface area contributed by atoms with Crippen LogP contribution in [0.1, 0.15) is 25.3 Å². The van der Waals surface area contributed by atoms with Gasteiger partial charge < -0.3 is 9.47 Å². The Hall–Kier alpha value is -1.42. The van der Waals surface area contributed by atoms with Gasteiger partial charge in [-0.1, -0.05) is 19.1 Å². The molecule has 0 amide bonds. The van der Waals surface area contributed by atoms with Crippen molar-refractivity contribution in [3.63, 3.8) is 0 Å². The van der Waals surface area contributed by atoms with Gasteiger partial charge in [0.1, 0.15) is 6.10 Å². The zero-order valence-corrected chi connectivity index (χ0v) is 10.6. The second kappa shape index (κ2) is 5.48. The van der Waals surface area contributed by atoms with Gasteiger partial charge in [-0.05, 0) is 25.0 Å². The van der Waals surface area contributed by atoms with Crippen molar-refractivity contribution in [2.45, 2.75) is 38.9 Å². The topological polar surface area (TPSA) is 35.5 Å². The third-order valence-electron chi connectivity index (χ3n) is 2.99. The molecule has 3 nitrogen and oxygen atoms in total. The molecule has 0 aromatic heterocycles. The molecule has 0 N–H and O–H groups in total. The first-order chi connectivity index (χ1) is 8.63. The summed E-state index contributed by atoms with van der Waals surface area (Å²) in [5.41, 5.74) is 0.532. The molecular weight excluding hydrogens is 235 g/mol. The third-order valence-corrected chi connectivity index (χ3v) is 2.99. The van der Waals surface area contributed by atoms with E-state index >= 15 is 0 Å². The Balaban J connectivity index is 2.01. The van der Waals surface area contributed by atoms with Crippen molar-refractivity contribution >= 4 is 5.78 Å². The van der Waals surface area contributed by atoms with Gasteiger partial charge in [0.05, 0.1) is 0 Å². The van der Waals surface area contributed by atoms with Crippen LogP contribution in [0.25, 0.3) is 0 Å². The van der Waals surface area contributed by atoms with Gasteiger partial charge in [0.15, 0.2) is 23.5 Å². The maximum absolute atomic E-state index is 13.7. The molecule has 4 heteroatoms. The number of rotatable bonds is 5. The van der Waals surface area contributed by atoms with E-state index in [1.54, 1.807) is 25.1 Å². The lowest BCUT2D eigenvalue weighted by Crippen LogP contribution is -2.52. The van der Waals surface area contributed by atoms with Crippen LogP contribution in [-0.2, 0) is 9.53 Å². The largest absolute Gasteiger partial charge is 0.484 e. The molecule has 1 aromatic rings. The molecule has 0 radical (unpaired) electrons. The smallest absolute Gasteiger partial charge is 0.169 e. The lowest BCUT2D eigenvalue weighted by molar-refractivity contribution is -0.155. The fourth-order valence-corrected chi connectivity index (χ4v) is 1.89. The van der Waals surface area contributed by atoms with Gasteiger partial charge in [-0.3, -0.25) is 4.79 Å². The number of ether oxygens (including phenoxy) is 2. The summed E-state index contributed by atoms with van der Waals surface area (Å²) in [7, 11) is 0. The van der Waals surface area contributed by atoms with E-state index in [0.717, 1.165) is 6.42 Å². The quantitative estimate of drug-likeness (QED) is 0.808.